The SMILES string of the molecule is CCC=CC1CCC(C2COC(C3CC=C(F)CC3)OC2)CC1. The first-order chi connectivity index (χ1) is 11.3. The van der Waals surface area contributed by atoms with Crippen LogP contribution in [0.25, 0.3) is 0 Å². The van der Waals surface area contributed by atoms with E-state index in [-0.39, 0.29) is 12.1 Å². The minimum atomic E-state index is -0.112. The van der Waals surface area contributed by atoms with Crippen LogP contribution in [0.15, 0.2) is 24.1 Å². The summed E-state index contributed by atoms with van der Waals surface area (Å²) >= 11 is 0. The Kier molecular flexibility index (Phi) is 6.29. The molecule has 0 radical (unpaired) electrons. The van der Waals surface area contributed by atoms with Crippen LogP contribution in [0, 0.1) is 23.7 Å². The molecule has 1 aliphatic heterocycles. The number of ether oxygens (including phenoxy) is 2. The minimum absolute atomic E-state index is 0.0313. The molecule has 0 aromatic heterocycles. The molecule has 130 valence electrons. The van der Waals surface area contributed by atoms with Crippen LogP contribution < -0.4 is 0 Å². The van der Waals surface area contributed by atoms with E-state index < -0.39 is 0 Å². The van der Waals surface area contributed by atoms with E-state index in [0.29, 0.717) is 18.3 Å². The molecule has 1 atom stereocenters. The lowest BCUT2D eigenvalue weighted by Crippen LogP contribution is -2.40. The predicted molar refractivity (Wildman–Crippen MR) is 90.6 cm³/mol. The van der Waals surface area contributed by atoms with Gasteiger partial charge in [-0.15, -0.1) is 0 Å². The van der Waals surface area contributed by atoms with E-state index in [0.717, 1.165) is 44.3 Å². The van der Waals surface area contributed by atoms with Crippen LogP contribution >= 0.6 is 0 Å². The highest BCUT2D eigenvalue weighted by Gasteiger charge is 2.34. The van der Waals surface area contributed by atoms with Gasteiger partial charge < -0.3 is 9.47 Å². The first kappa shape index (κ1) is 17.2. The van der Waals surface area contributed by atoms with Crippen LogP contribution in [0.1, 0.15) is 58.3 Å². The number of halogens is 1. The second-order valence-corrected chi connectivity index (χ2v) is 7.49. The molecule has 23 heavy (non-hydrogen) atoms. The van der Waals surface area contributed by atoms with E-state index in [1.54, 1.807) is 6.08 Å². The first-order valence-electron chi connectivity index (χ1n) is 9.50. The largest absolute Gasteiger partial charge is 0.352 e. The third kappa shape index (κ3) is 4.67. The van der Waals surface area contributed by atoms with Gasteiger partial charge in [-0.3, -0.25) is 0 Å². The quantitative estimate of drug-likeness (QED) is 0.645. The van der Waals surface area contributed by atoms with Gasteiger partial charge in [0.1, 0.15) is 0 Å². The van der Waals surface area contributed by atoms with Gasteiger partial charge in [-0.2, -0.15) is 0 Å². The van der Waals surface area contributed by atoms with Gasteiger partial charge in [0.05, 0.1) is 19.0 Å². The molecule has 0 N–H and O–H groups in total. The highest BCUT2D eigenvalue weighted by Crippen LogP contribution is 2.37. The molecule has 1 unspecified atom stereocenters. The molecular formula is C20H31FO2. The summed E-state index contributed by atoms with van der Waals surface area (Å²) in [4.78, 5) is 0. The second-order valence-electron chi connectivity index (χ2n) is 7.49. The lowest BCUT2D eigenvalue weighted by atomic mass is 9.76. The van der Waals surface area contributed by atoms with E-state index >= 15 is 0 Å². The first-order valence-corrected chi connectivity index (χ1v) is 9.50. The molecule has 0 aromatic rings. The Morgan fingerprint density at radius 2 is 1.78 bits per heavy atom. The maximum atomic E-state index is 13.1. The van der Waals surface area contributed by atoms with Crippen molar-refractivity contribution in [1.82, 2.24) is 0 Å². The Morgan fingerprint density at radius 3 is 2.39 bits per heavy atom. The van der Waals surface area contributed by atoms with Crippen LogP contribution in [0.2, 0.25) is 0 Å². The van der Waals surface area contributed by atoms with Gasteiger partial charge in [-0.1, -0.05) is 25.2 Å². The van der Waals surface area contributed by atoms with Crippen LogP contribution in [0.3, 0.4) is 0 Å². The van der Waals surface area contributed by atoms with Crippen molar-refractivity contribution in [3.05, 3.63) is 24.1 Å². The zero-order valence-corrected chi connectivity index (χ0v) is 14.4. The Labute approximate surface area is 140 Å². The van der Waals surface area contributed by atoms with Gasteiger partial charge in [0.15, 0.2) is 6.29 Å². The maximum absolute atomic E-state index is 13.1. The van der Waals surface area contributed by atoms with Crippen molar-refractivity contribution in [2.24, 2.45) is 23.7 Å². The Bertz CT molecular complexity index is 415. The normalized spacial score (nSPS) is 39.4. The van der Waals surface area contributed by atoms with Crippen molar-refractivity contribution in [3.63, 3.8) is 0 Å². The summed E-state index contributed by atoms with van der Waals surface area (Å²) in [7, 11) is 0. The predicted octanol–water partition coefficient (Wildman–Crippen LogP) is 5.40. The molecule has 0 bridgehead atoms. The molecule has 3 rings (SSSR count). The third-order valence-electron chi connectivity index (χ3n) is 5.86. The fourth-order valence-corrected chi connectivity index (χ4v) is 4.28. The summed E-state index contributed by atoms with van der Waals surface area (Å²) in [5, 5.41) is 0. The molecule has 2 aliphatic carbocycles. The van der Waals surface area contributed by atoms with Gasteiger partial charge in [-0.05, 0) is 63.2 Å². The lowest BCUT2D eigenvalue weighted by Gasteiger charge is -2.39. The summed E-state index contributed by atoms with van der Waals surface area (Å²) < 4.78 is 25.2. The molecule has 0 amide bonds. The molecular weight excluding hydrogens is 291 g/mol. The summed E-state index contributed by atoms with van der Waals surface area (Å²) in [6.45, 7) is 3.85. The van der Waals surface area contributed by atoms with Gasteiger partial charge in [0.2, 0.25) is 0 Å². The van der Waals surface area contributed by atoms with Gasteiger partial charge in [0, 0.05) is 11.8 Å². The fourth-order valence-electron chi connectivity index (χ4n) is 4.28. The van der Waals surface area contributed by atoms with Crippen LogP contribution in [0.4, 0.5) is 4.39 Å². The van der Waals surface area contributed by atoms with Gasteiger partial charge in [-0.25, -0.2) is 4.39 Å². The van der Waals surface area contributed by atoms with Gasteiger partial charge >= 0.3 is 0 Å². The molecule has 0 spiro atoms. The van der Waals surface area contributed by atoms with E-state index in [9.17, 15) is 4.39 Å². The zero-order valence-electron chi connectivity index (χ0n) is 14.4. The van der Waals surface area contributed by atoms with Crippen LogP contribution in [-0.2, 0) is 9.47 Å². The number of allylic oxidation sites excluding steroid dienone is 4. The number of hydrogen-bond donors (Lipinski definition) is 0. The average Bonchev–Trinajstić information content (AvgIpc) is 2.61. The standard InChI is InChI=1S/C20H31FO2/c1-2-3-4-15-5-7-16(8-6-15)18-13-22-20(23-14-18)17-9-11-19(21)12-10-17/h3-4,11,15-18,20H,2,5-10,12-14H2,1H3. The summed E-state index contributed by atoms with van der Waals surface area (Å²) in [5.74, 6) is 2.46. The summed E-state index contributed by atoms with van der Waals surface area (Å²) in [6, 6.07) is 0. The van der Waals surface area contributed by atoms with Crippen molar-refractivity contribution in [1.29, 1.82) is 0 Å². The summed E-state index contributed by atoms with van der Waals surface area (Å²) in [6.07, 6.45) is 14.9. The smallest absolute Gasteiger partial charge is 0.160 e. The van der Waals surface area contributed by atoms with Crippen molar-refractivity contribution in [3.8, 4) is 0 Å². The molecule has 2 nitrogen and oxygen atoms in total. The van der Waals surface area contributed by atoms with E-state index in [4.69, 9.17) is 9.47 Å². The van der Waals surface area contributed by atoms with E-state index in [1.165, 1.54) is 25.7 Å². The topological polar surface area (TPSA) is 18.5 Å². The van der Waals surface area contributed by atoms with Crippen molar-refractivity contribution in [2.75, 3.05) is 13.2 Å². The highest BCUT2D eigenvalue weighted by atomic mass is 19.1. The van der Waals surface area contributed by atoms with E-state index in [1.807, 2.05) is 0 Å². The molecule has 2 fully saturated rings. The second kappa shape index (κ2) is 8.43. The van der Waals surface area contributed by atoms with Crippen molar-refractivity contribution >= 4 is 0 Å². The zero-order chi connectivity index (χ0) is 16.1. The lowest BCUT2D eigenvalue weighted by molar-refractivity contribution is -0.233. The monoisotopic (exact) mass is 322 g/mol. The Morgan fingerprint density at radius 1 is 1.04 bits per heavy atom. The highest BCUT2D eigenvalue weighted by molar-refractivity contribution is 4.98. The van der Waals surface area contributed by atoms with Crippen LogP contribution in [-0.4, -0.2) is 19.5 Å². The summed E-state index contributed by atoms with van der Waals surface area (Å²) in [5.41, 5.74) is 0. The molecule has 0 aromatic carbocycles. The molecule has 3 heteroatoms. The fraction of sp³-hybridized carbons (Fsp3) is 0.800. The minimum Gasteiger partial charge on any atom is -0.352 e. The Balaban J connectivity index is 1.40. The third-order valence-corrected chi connectivity index (χ3v) is 5.86. The van der Waals surface area contributed by atoms with Gasteiger partial charge in [0.25, 0.3) is 0 Å². The maximum Gasteiger partial charge on any atom is 0.160 e. The average molecular weight is 322 g/mol. The van der Waals surface area contributed by atoms with Crippen molar-refractivity contribution < 1.29 is 13.9 Å². The van der Waals surface area contributed by atoms with Crippen LogP contribution in [0.5, 0.6) is 0 Å². The van der Waals surface area contributed by atoms with E-state index in [2.05, 4.69) is 19.1 Å². The molecule has 1 saturated carbocycles. The van der Waals surface area contributed by atoms with Crippen molar-refractivity contribution in [2.45, 2.75) is 64.6 Å². The molecule has 3 aliphatic rings. The Hall–Kier alpha value is -0.670. The number of rotatable bonds is 4. The molecule has 1 saturated heterocycles. The molecule has 1 heterocycles. The number of hydrogen-bond acceptors (Lipinski definition) is 2.